The monoisotopic (exact) mass is 531 g/mol. The SMILES string of the molecule is Cc1ccc(NS(=O)(=O)Cc2nnc(CS(=O)(=O)[C@H]3CNN=C3C(=O)c3ccc(C)cc3)n2N)cc1. The summed E-state index contributed by atoms with van der Waals surface area (Å²) >= 11 is 0. The summed E-state index contributed by atoms with van der Waals surface area (Å²) in [6, 6.07) is 13.5. The highest BCUT2D eigenvalue weighted by molar-refractivity contribution is 7.92. The van der Waals surface area contributed by atoms with Gasteiger partial charge in [0.15, 0.2) is 21.5 Å². The van der Waals surface area contributed by atoms with Crippen LogP contribution in [-0.2, 0) is 31.4 Å². The number of Topliss-reactive ketones (excluding diaryl/α,β-unsaturated/α-hetero) is 1. The number of aromatic nitrogens is 3. The Morgan fingerprint density at radius 2 is 1.53 bits per heavy atom. The van der Waals surface area contributed by atoms with E-state index in [0.717, 1.165) is 15.8 Å². The lowest BCUT2D eigenvalue weighted by Crippen LogP contribution is -2.37. The van der Waals surface area contributed by atoms with Crippen molar-refractivity contribution in [3.8, 4) is 0 Å². The Balaban J connectivity index is 1.49. The molecule has 0 bridgehead atoms. The second-order valence-corrected chi connectivity index (χ2v) is 12.4. The molecule has 1 aromatic heterocycles. The van der Waals surface area contributed by atoms with E-state index in [2.05, 4.69) is 25.4 Å². The van der Waals surface area contributed by atoms with Crippen LogP contribution in [0.2, 0.25) is 0 Å². The van der Waals surface area contributed by atoms with Gasteiger partial charge in [-0.15, -0.1) is 10.2 Å². The number of hydrogen-bond acceptors (Lipinski definition) is 10. The van der Waals surface area contributed by atoms with E-state index in [9.17, 15) is 21.6 Å². The molecule has 4 rings (SSSR count). The van der Waals surface area contributed by atoms with Crippen LogP contribution in [0.3, 0.4) is 0 Å². The standard InChI is InChI=1S/C22H25N7O5S2/c1-14-3-7-16(8-4-14)22(30)21-18(11-24-27-21)35(31,32)12-19-25-26-20(29(19)23)13-36(33,34)28-17-9-5-15(2)6-10-17/h3-10,18,24,28H,11-13,23H2,1-2H3/t18-/m0/s1. The van der Waals surface area contributed by atoms with Crippen LogP contribution in [0, 0.1) is 13.8 Å². The van der Waals surface area contributed by atoms with Crippen LogP contribution in [0.15, 0.2) is 53.6 Å². The van der Waals surface area contributed by atoms with E-state index in [0.29, 0.717) is 11.3 Å². The van der Waals surface area contributed by atoms with Gasteiger partial charge in [0.05, 0.1) is 6.54 Å². The van der Waals surface area contributed by atoms with E-state index in [1.807, 2.05) is 13.8 Å². The fourth-order valence-electron chi connectivity index (χ4n) is 3.57. The average molecular weight is 532 g/mol. The zero-order valence-corrected chi connectivity index (χ0v) is 21.2. The minimum Gasteiger partial charge on any atom is -0.336 e. The van der Waals surface area contributed by atoms with Gasteiger partial charge in [-0.05, 0) is 26.0 Å². The number of hydrogen-bond donors (Lipinski definition) is 3. The summed E-state index contributed by atoms with van der Waals surface area (Å²) in [6.07, 6.45) is 0. The van der Waals surface area contributed by atoms with E-state index in [1.165, 1.54) is 0 Å². The lowest BCUT2D eigenvalue weighted by Gasteiger charge is -2.13. The molecular weight excluding hydrogens is 506 g/mol. The topological polar surface area (TPSA) is 179 Å². The molecule has 2 heterocycles. The number of nitrogens with one attached hydrogen (secondary N) is 2. The lowest BCUT2D eigenvalue weighted by molar-refractivity contribution is 0.106. The Bertz CT molecular complexity index is 1530. The molecule has 0 unspecified atom stereocenters. The number of aryl methyl sites for hydroxylation is 2. The molecule has 1 atom stereocenters. The minimum atomic E-state index is -4.01. The van der Waals surface area contributed by atoms with Crippen LogP contribution in [0.4, 0.5) is 5.69 Å². The molecule has 0 fully saturated rings. The molecule has 1 aliphatic heterocycles. The largest absolute Gasteiger partial charge is 0.336 e. The van der Waals surface area contributed by atoms with E-state index < -0.39 is 42.4 Å². The van der Waals surface area contributed by atoms with Crippen molar-refractivity contribution in [3.63, 3.8) is 0 Å². The van der Waals surface area contributed by atoms with Crippen molar-refractivity contribution in [2.45, 2.75) is 30.6 Å². The molecule has 0 saturated carbocycles. The van der Waals surface area contributed by atoms with Crippen molar-refractivity contribution in [2.75, 3.05) is 17.1 Å². The zero-order valence-electron chi connectivity index (χ0n) is 19.5. The van der Waals surface area contributed by atoms with Gasteiger partial charge in [-0.2, -0.15) is 5.10 Å². The Morgan fingerprint density at radius 3 is 2.14 bits per heavy atom. The highest BCUT2D eigenvalue weighted by atomic mass is 32.2. The number of rotatable bonds is 9. The molecule has 36 heavy (non-hydrogen) atoms. The molecule has 2 aromatic carbocycles. The number of carbonyl (C=O) groups is 1. The van der Waals surface area contributed by atoms with Gasteiger partial charge in [0.1, 0.15) is 22.5 Å². The van der Waals surface area contributed by atoms with Crippen LogP contribution < -0.4 is 16.0 Å². The number of anilines is 1. The molecule has 12 nitrogen and oxygen atoms in total. The van der Waals surface area contributed by atoms with E-state index in [-0.39, 0.29) is 23.9 Å². The second kappa shape index (κ2) is 9.70. The molecular formula is C22H25N7O5S2. The summed E-state index contributed by atoms with van der Waals surface area (Å²) in [4.78, 5) is 12.9. The smallest absolute Gasteiger partial charge is 0.240 e. The van der Waals surface area contributed by atoms with Gasteiger partial charge in [-0.3, -0.25) is 9.52 Å². The first-order chi connectivity index (χ1) is 16.9. The first-order valence-electron chi connectivity index (χ1n) is 10.8. The number of hydrazone groups is 1. The number of carbonyl (C=O) groups excluding carboxylic acids is 1. The van der Waals surface area contributed by atoms with Crippen LogP contribution in [0.5, 0.6) is 0 Å². The normalized spacial score (nSPS) is 15.8. The molecule has 3 aromatic rings. The molecule has 14 heteroatoms. The number of sulfonamides is 1. The maximum Gasteiger partial charge on any atom is 0.240 e. The number of nitrogens with zero attached hydrogens (tertiary/aromatic N) is 4. The first-order valence-corrected chi connectivity index (χ1v) is 14.2. The maximum atomic E-state index is 13.2. The molecule has 0 spiro atoms. The highest BCUT2D eigenvalue weighted by Gasteiger charge is 2.39. The molecule has 1 aliphatic rings. The van der Waals surface area contributed by atoms with Crippen LogP contribution in [-0.4, -0.2) is 55.0 Å². The van der Waals surface area contributed by atoms with Gasteiger partial charge in [-0.1, -0.05) is 47.5 Å². The Kier molecular flexibility index (Phi) is 6.82. The number of sulfone groups is 1. The van der Waals surface area contributed by atoms with Gasteiger partial charge in [0.2, 0.25) is 15.8 Å². The van der Waals surface area contributed by atoms with Crippen LogP contribution in [0.1, 0.15) is 33.1 Å². The number of ketones is 1. The summed E-state index contributed by atoms with van der Waals surface area (Å²) in [6.45, 7) is 3.66. The maximum absolute atomic E-state index is 13.2. The Morgan fingerprint density at radius 1 is 0.972 bits per heavy atom. The average Bonchev–Trinajstić information content (AvgIpc) is 3.44. The lowest BCUT2D eigenvalue weighted by atomic mass is 10.0. The van der Waals surface area contributed by atoms with E-state index >= 15 is 0 Å². The summed E-state index contributed by atoms with van der Waals surface area (Å²) in [7, 11) is -7.91. The van der Waals surface area contributed by atoms with Crippen molar-refractivity contribution in [3.05, 3.63) is 76.9 Å². The molecule has 0 radical (unpaired) electrons. The van der Waals surface area contributed by atoms with Crippen molar-refractivity contribution in [2.24, 2.45) is 5.10 Å². The number of benzene rings is 2. The Hall–Kier alpha value is -3.78. The summed E-state index contributed by atoms with van der Waals surface area (Å²) in [5, 5.41) is 10.3. The zero-order chi connectivity index (χ0) is 26.1. The molecule has 190 valence electrons. The third-order valence-electron chi connectivity index (χ3n) is 5.57. The first kappa shape index (κ1) is 25.3. The van der Waals surface area contributed by atoms with E-state index in [1.54, 1.807) is 48.5 Å². The predicted octanol–water partition coefficient (Wildman–Crippen LogP) is 0.676. The quantitative estimate of drug-likeness (QED) is 0.264. The van der Waals surface area contributed by atoms with E-state index in [4.69, 9.17) is 5.84 Å². The Labute approximate surface area is 208 Å². The van der Waals surface area contributed by atoms with Gasteiger partial charge >= 0.3 is 0 Å². The summed E-state index contributed by atoms with van der Waals surface area (Å²) < 4.78 is 54.7. The second-order valence-electron chi connectivity index (χ2n) is 8.48. The van der Waals surface area contributed by atoms with Gasteiger partial charge < -0.3 is 11.3 Å². The minimum absolute atomic E-state index is 0.0876. The van der Waals surface area contributed by atoms with Crippen molar-refractivity contribution in [1.82, 2.24) is 20.3 Å². The predicted molar refractivity (Wildman–Crippen MR) is 135 cm³/mol. The van der Waals surface area contributed by atoms with Crippen molar-refractivity contribution in [1.29, 1.82) is 0 Å². The van der Waals surface area contributed by atoms with Crippen molar-refractivity contribution < 1.29 is 21.6 Å². The summed E-state index contributed by atoms with van der Waals surface area (Å²) in [5.41, 5.74) is 5.06. The van der Waals surface area contributed by atoms with Gasteiger partial charge in [0, 0.05) is 11.3 Å². The van der Waals surface area contributed by atoms with Gasteiger partial charge in [0.25, 0.3) is 0 Å². The summed E-state index contributed by atoms with van der Waals surface area (Å²) in [5.74, 6) is 3.87. The molecule has 0 aliphatic carbocycles. The molecule has 0 amide bonds. The van der Waals surface area contributed by atoms with Crippen molar-refractivity contribution >= 4 is 37.0 Å². The molecule has 0 saturated heterocycles. The third-order valence-corrected chi connectivity index (χ3v) is 8.67. The van der Waals surface area contributed by atoms with Gasteiger partial charge in [-0.25, -0.2) is 21.5 Å². The number of nitrogen functional groups attached to an aromatic ring is 1. The highest BCUT2D eigenvalue weighted by Crippen LogP contribution is 2.18. The van der Waals surface area contributed by atoms with Crippen LogP contribution >= 0.6 is 0 Å². The number of nitrogens with two attached hydrogens (primary N) is 1. The van der Waals surface area contributed by atoms with Crippen LogP contribution in [0.25, 0.3) is 0 Å². The fourth-order valence-corrected chi connectivity index (χ4v) is 6.26. The molecule has 4 N–H and O–H groups in total. The fraction of sp³-hybridized carbons (Fsp3) is 0.273. The third kappa shape index (κ3) is 5.54.